The molecule has 1 amide bonds. The van der Waals surface area contributed by atoms with Gasteiger partial charge in [0.15, 0.2) is 11.3 Å². The first-order valence-corrected chi connectivity index (χ1v) is 7.26. The van der Waals surface area contributed by atoms with E-state index in [4.69, 9.17) is 14.6 Å². The van der Waals surface area contributed by atoms with Gasteiger partial charge in [-0.3, -0.25) is 10.2 Å². The molecule has 3 rings (SSSR count). The number of anilines is 1. The number of aryl methyl sites for hydroxylation is 1. The van der Waals surface area contributed by atoms with Gasteiger partial charge in [-0.2, -0.15) is 0 Å². The second kappa shape index (κ2) is 6.08. The second-order valence-electron chi connectivity index (χ2n) is 5.34. The van der Waals surface area contributed by atoms with Crippen molar-refractivity contribution in [3.8, 4) is 11.5 Å². The Morgan fingerprint density at radius 1 is 1.25 bits per heavy atom. The average Bonchev–Trinajstić information content (AvgIpc) is 2.55. The molecule has 0 spiro atoms. The maximum Gasteiger partial charge on any atom is 0.261 e. The van der Waals surface area contributed by atoms with Crippen molar-refractivity contribution < 1.29 is 19.1 Å². The lowest BCUT2D eigenvalue weighted by atomic mass is 10.1. The van der Waals surface area contributed by atoms with E-state index in [9.17, 15) is 9.90 Å². The van der Waals surface area contributed by atoms with Crippen molar-refractivity contribution >= 4 is 22.6 Å². The number of aromatic hydroxyl groups is 1. The number of phenols is 1. The molecule has 0 saturated carbocycles. The van der Waals surface area contributed by atoms with E-state index in [-0.39, 0.29) is 22.5 Å². The summed E-state index contributed by atoms with van der Waals surface area (Å²) in [5.41, 5.74) is 1.39. The highest BCUT2D eigenvalue weighted by molar-refractivity contribution is 6.06. The number of phenolic OH excluding ortho intramolecular Hbond substituents is 1. The Bertz CT molecular complexity index is 992. The van der Waals surface area contributed by atoms with Gasteiger partial charge in [0.1, 0.15) is 11.3 Å². The molecular formula is C18H16N2O4. The van der Waals surface area contributed by atoms with Crippen LogP contribution in [-0.4, -0.2) is 18.1 Å². The molecule has 0 fully saturated rings. The number of para-hydroxylation sites is 1. The van der Waals surface area contributed by atoms with E-state index >= 15 is 0 Å². The third kappa shape index (κ3) is 2.81. The molecule has 6 nitrogen and oxygen atoms in total. The summed E-state index contributed by atoms with van der Waals surface area (Å²) in [5, 5.41) is 20.9. The van der Waals surface area contributed by atoms with Crippen molar-refractivity contribution in [3.63, 3.8) is 0 Å². The molecule has 0 bridgehead atoms. The van der Waals surface area contributed by atoms with Gasteiger partial charge in [-0.25, -0.2) is 0 Å². The lowest BCUT2D eigenvalue weighted by Crippen LogP contribution is -2.21. The van der Waals surface area contributed by atoms with Crippen LogP contribution in [0.1, 0.15) is 15.9 Å². The molecule has 0 unspecified atom stereocenters. The lowest BCUT2D eigenvalue weighted by molar-refractivity contribution is 0.102. The molecule has 2 aromatic carbocycles. The Morgan fingerprint density at radius 3 is 2.79 bits per heavy atom. The Balaban J connectivity index is 2.02. The van der Waals surface area contributed by atoms with Crippen molar-refractivity contribution in [3.05, 3.63) is 59.1 Å². The van der Waals surface area contributed by atoms with Crippen molar-refractivity contribution in [1.29, 1.82) is 5.41 Å². The van der Waals surface area contributed by atoms with E-state index in [0.717, 1.165) is 5.56 Å². The molecule has 0 aliphatic carbocycles. The zero-order valence-electron chi connectivity index (χ0n) is 13.2. The van der Waals surface area contributed by atoms with E-state index in [1.807, 2.05) is 13.0 Å². The summed E-state index contributed by atoms with van der Waals surface area (Å²) in [6, 6.07) is 11.7. The predicted octanol–water partition coefficient (Wildman–Crippen LogP) is 3.19. The number of carbonyl (C=O) groups is 1. The molecule has 3 aromatic rings. The first kappa shape index (κ1) is 15.6. The van der Waals surface area contributed by atoms with Crippen molar-refractivity contribution in [2.24, 2.45) is 0 Å². The van der Waals surface area contributed by atoms with Crippen LogP contribution in [0, 0.1) is 12.3 Å². The van der Waals surface area contributed by atoms with Crippen LogP contribution in [0.5, 0.6) is 11.5 Å². The fourth-order valence-corrected chi connectivity index (χ4v) is 2.42. The lowest BCUT2D eigenvalue weighted by Gasteiger charge is -2.11. The topological polar surface area (TPSA) is 95.6 Å². The number of benzene rings is 2. The van der Waals surface area contributed by atoms with Crippen molar-refractivity contribution in [1.82, 2.24) is 0 Å². The maximum absolute atomic E-state index is 12.5. The molecule has 1 aromatic heterocycles. The number of methoxy groups -OCH3 is 1. The SMILES string of the molecule is COc1ccc(C)cc1NC(=O)c1cc2cccc(O)c2oc1=N. The minimum atomic E-state index is -0.488. The molecule has 0 aliphatic rings. The average molecular weight is 324 g/mol. The summed E-state index contributed by atoms with van der Waals surface area (Å²) in [5.74, 6) is -0.0398. The highest BCUT2D eigenvalue weighted by Crippen LogP contribution is 2.26. The van der Waals surface area contributed by atoms with Crippen LogP contribution in [0.4, 0.5) is 5.69 Å². The largest absolute Gasteiger partial charge is 0.504 e. The quantitative estimate of drug-likeness (QED) is 0.689. The third-order valence-corrected chi connectivity index (χ3v) is 3.62. The fourth-order valence-electron chi connectivity index (χ4n) is 2.42. The highest BCUT2D eigenvalue weighted by Gasteiger charge is 2.15. The van der Waals surface area contributed by atoms with Crippen LogP contribution in [0.2, 0.25) is 0 Å². The summed E-state index contributed by atoms with van der Waals surface area (Å²) in [6.07, 6.45) is 0. The molecule has 24 heavy (non-hydrogen) atoms. The van der Waals surface area contributed by atoms with Crippen LogP contribution in [0.15, 0.2) is 46.9 Å². The van der Waals surface area contributed by atoms with Crippen LogP contribution in [0.25, 0.3) is 11.0 Å². The summed E-state index contributed by atoms with van der Waals surface area (Å²) < 4.78 is 10.5. The normalized spacial score (nSPS) is 10.6. The van der Waals surface area contributed by atoms with Crippen molar-refractivity contribution in [2.45, 2.75) is 6.92 Å². The predicted molar refractivity (Wildman–Crippen MR) is 89.4 cm³/mol. The van der Waals surface area contributed by atoms with Gasteiger partial charge in [-0.15, -0.1) is 0 Å². The molecule has 6 heteroatoms. The number of ether oxygens (including phenoxy) is 1. The van der Waals surface area contributed by atoms with Crippen LogP contribution >= 0.6 is 0 Å². The fraction of sp³-hybridized carbons (Fsp3) is 0.111. The van der Waals surface area contributed by atoms with Gasteiger partial charge >= 0.3 is 0 Å². The standard InChI is InChI=1S/C18H16N2O4/c1-10-6-7-15(23-2)13(8-10)20-18(22)12-9-11-4-3-5-14(21)16(11)24-17(12)19/h3-9,19,21H,1-2H3,(H,20,22). The molecule has 0 radical (unpaired) electrons. The van der Waals surface area contributed by atoms with Crippen LogP contribution in [0.3, 0.4) is 0 Å². The minimum absolute atomic E-state index is 0.0664. The zero-order chi connectivity index (χ0) is 17.3. The number of hydrogen-bond donors (Lipinski definition) is 3. The number of fused-ring (bicyclic) bond motifs is 1. The summed E-state index contributed by atoms with van der Waals surface area (Å²) in [7, 11) is 1.52. The van der Waals surface area contributed by atoms with Gasteiger partial charge in [0.2, 0.25) is 5.55 Å². The zero-order valence-corrected chi connectivity index (χ0v) is 13.2. The summed E-state index contributed by atoms with van der Waals surface area (Å²) in [4.78, 5) is 12.5. The molecule has 0 atom stereocenters. The van der Waals surface area contributed by atoms with Gasteiger partial charge in [0.05, 0.1) is 12.8 Å². The van der Waals surface area contributed by atoms with Gasteiger partial charge < -0.3 is 19.6 Å². The molecular weight excluding hydrogens is 308 g/mol. The summed E-state index contributed by atoms with van der Waals surface area (Å²) >= 11 is 0. The number of nitrogens with one attached hydrogen (secondary N) is 2. The van der Waals surface area contributed by atoms with E-state index in [1.54, 1.807) is 24.3 Å². The van der Waals surface area contributed by atoms with Gasteiger partial charge in [-0.05, 0) is 36.8 Å². The third-order valence-electron chi connectivity index (χ3n) is 3.62. The number of carbonyl (C=O) groups excluding carboxylic acids is 1. The molecule has 0 saturated heterocycles. The van der Waals surface area contributed by atoms with Crippen LogP contribution < -0.4 is 15.6 Å². The monoisotopic (exact) mass is 324 g/mol. The molecule has 1 heterocycles. The minimum Gasteiger partial charge on any atom is -0.504 e. The first-order chi connectivity index (χ1) is 11.5. The van der Waals surface area contributed by atoms with Crippen molar-refractivity contribution in [2.75, 3.05) is 12.4 Å². The van der Waals surface area contributed by atoms with E-state index in [0.29, 0.717) is 16.8 Å². The highest BCUT2D eigenvalue weighted by atomic mass is 16.5. The van der Waals surface area contributed by atoms with E-state index in [1.165, 1.54) is 19.2 Å². The first-order valence-electron chi connectivity index (χ1n) is 7.26. The molecule has 3 N–H and O–H groups in total. The Hall–Kier alpha value is -3.28. The number of rotatable bonds is 3. The molecule has 0 aliphatic heterocycles. The Kier molecular flexibility index (Phi) is 3.95. The Labute approximate surface area is 137 Å². The maximum atomic E-state index is 12.5. The second-order valence-corrected chi connectivity index (χ2v) is 5.34. The van der Waals surface area contributed by atoms with E-state index < -0.39 is 5.91 Å². The van der Waals surface area contributed by atoms with Gasteiger partial charge in [0, 0.05) is 5.39 Å². The smallest absolute Gasteiger partial charge is 0.261 e. The van der Waals surface area contributed by atoms with Crippen LogP contribution in [-0.2, 0) is 0 Å². The van der Waals surface area contributed by atoms with Gasteiger partial charge in [-0.1, -0.05) is 18.2 Å². The number of amides is 1. The van der Waals surface area contributed by atoms with Gasteiger partial charge in [0.25, 0.3) is 5.91 Å². The summed E-state index contributed by atoms with van der Waals surface area (Å²) in [6.45, 7) is 1.90. The molecule has 122 valence electrons. The number of hydrogen-bond acceptors (Lipinski definition) is 5. The van der Waals surface area contributed by atoms with E-state index in [2.05, 4.69) is 5.32 Å². The Morgan fingerprint density at radius 2 is 2.04 bits per heavy atom.